The monoisotopic (exact) mass is 704 g/mol. The molecule has 0 fully saturated rings. The van der Waals surface area contributed by atoms with Gasteiger partial charge < -0.3 is 13.7 Å². The molecule has 0 radical (unpaired) electrons. The first kappa shape index (κ1) is 31.1. The van der Waals surface area contributed by atoms with Crippen molar-refractivity contribution >= 4 is 71.6 Å². The van der Waals surface area contributed by atoms with Gasteiger partial charge in [-0.2, -0.15) is 0 Å². The quantitative estimate of drug-likeness (QED) is 0.162. The molecule has 9 aromatic carbocycles. The lowest BCUT2D eigenvalue weighted by Crippen LogP contribution is -2.10. The van der Waals surface area contributed by atoms with Crippen molar-refractivity contribution in [3.05, 3.63) is 194 Å². The van der Waals surface area contributed by atoms with E-state index in [2.05, 4.69) is 163 Å². The Bertz CT molecular complexity index is 3200. The predicted octanol–water partition coefficient (Wildman–Crippen LogP) is 14.5. The van der Waals surface area contributed by atoms with E-state index in [9.17, 15) is 0 Å². The Balaban J connectivity index is 1.06. The van der Waals surface area contributed by atoms with E-state index in [0.29, 0.717) is 5.89 Å². The van der Waals surface area contributed by atoms with Crippen LogP contribution in [0, 0.1) is 0 Å². The van der Waals surface area contributed by atoms with Crippen LogP contribution in [0.2, 0.25) is 0 Å². The summed E-state index contributed by atoms with van der Waals surface area (Å²) in [5.74, 6) is 0.595. The second-order valence-electron chi connectivity index (χ2n) is 14.0. The van der Waals surface area contributed by atoms with Crippen molar-refractivity contribution < 1.29 is 8.83 Å². The molecule has 55 heavy (non-hydrogen) atoms. The maximum Gasteiger partial charge on any atom is 0.227 e. The van der Waals surface area contributed by atoms with Crippen LogP contribution in [0.1, 0.15) is 0 Å². The van der Waals surface area contributed by atoms with Crippen LogP contribution in [0.4, 0.5) is 17.1 Å². The van der Waals surface area contributed by atoms with Gasteiger partial charge in [0.15, 0.2) is 5.58 Å². The van der Waals surface area contributed by atoms with E-state index in [-0.39, 0.29) is 0 Å². The van der Waals surface area contributed by atoms with Crippen LogP contribution in [-0.2, 0) is 0 Å². The summed E-state index contributed by atoms with van der Waals surface area (Å²) in [6, 6.07) is 68.4. The molecule has 0 saturated carbocycles. The summed E-state index contributed by atoms with van der Waals surface area (Å²) in [7, 11) is 0. The Kier molecular flexibility index (Phi) is 7.14. The second-order valence-corrected chi connectivity index (χ2v) is 14.0. The smallest absolute Gasteiger partial charge is 0.227 e. The van der Waals surface area contributed by atoms with Crippen molar-refractivity contribution in [2.75, 3.05) is 4.90 Å². The Morgan fingerprint density at radius 2 is 1.00 bits per heavy atom. The number of rotatable bonds is 6. The van der Waals surface area contributed by atoms with Gasteiger partial charge in [-0.25, -0.2) is 4.98 Å². The Labute approximate surface area is 317 Å². The Hall–Kier alpha value is -7.43. The molecule has 0 atom stereocenters. The Morgan fingerprint density at radius 3 is 1.82 bits per heavy atom. The zero-order valence-electron chi connectivity index (χ0n) is 29.7. The third kappa shape index (κ3) is 5.34. The van der Waals surface area contributed by atoms with Gasteiger partial charge in [-0.1, -0.05) is 121 Å². The van der Waals surface area contributed by atoms with E-state index < -0.39 is 0 Å². The topological polar surface area (TPSA) is 42.4 Å². The summed E-state index contributed by atoms with van der Waals surface area (Å²) >= 11 is 0. The van der Waals surface area contributed by atoms with Gasteiger partial charge in [0.2, 0.25) is 5.89 Å². The number of furan rings is 1. The number of aromatic nitrogens is 1. The standard InChI is InChI=1S/C51H32N2O2/c1-3-12-33(13-4-1)36-17-11-18-39(28-36)53(38-24-22-34(23-25-38)44-29-37-16-7-8-19-41(37)42-20-9-10-21-43(42)44)40-26-27-48-45(30-40)46-31-50-47(32-49(46)54-48)52-51(55-50)35-14-5-2-6-15-35/h1-32H. The van der Waals surface area contributed by atoms with Crippen LogP contribution in [0.25, 0.3) is 88.3 Å². The number of benzene rings is 9. The largest absolute Gasteiger partial charge is 0.456 e. The van der Waals surface area contributed by atoms with Gasteiger partial charge in [0, 0.05) is 39.5 Å². The normalized spacial score (nSPS) is 11.6. The van der Waals surface area contributed by atoms with Gasteiger partial charge in [0.25, 0.3) is 0 Å². The van der Waals surface area contributed by atoms with Crippen LogP contribution in [0.15, 0.2) is 203 Å². The van der Waals surface area contributed by atoms with Gasteiger partial charge in [0.1, 0.15) is 16.7 Å². The Morgan fingerprint density at radius 1 is 0.345 bits per heavy atom. The molecule has 4 heteroatoms. The molecule has 4 nitrogen and oxygen atoms in total. The summed E-state index contributed by atoms with van der Waals surface area (Å²) in [4.78, 5) is 7.11. The average molecular weight is 705 g/mol. The molecule has 2 aromatic heterocycles. The summed E-state index contributed by atoms with van der Waals surface area (Å²) in [6.07, 6.45) is 0. The molecule has 0 amide bonds. The van der Waals surface area contributed by atoms with Crippen LogP contribution < -0.4 is 4.90 Å². The molecule has 0 aliphatic carbocycles. The number of hydrogen-bond donors (Lipinski definition) is 0. The maximum atomic E-state index is 6.43. The average Bonchev–Trinajstić information content (AvgIpc) is 3.84. The predicted molar refractivity (Wildman–Crippen MR) is 227 cm³/mol. The highest BCUT2D eigenvalue weighted by molar-refractivity contribution is 6.14. The highest BCUT2D eigenvalue weighted by atomic mass is 16.4. The number of hydrogen-bond acceptors (Lipinski definition) is 4. The van der Waals surface area contributed by atoms with E-state index in [1.807, 2.05) is 36.4 Å². The van der Waals surface area contributed by atoms with E-state index in [1.165, 1.54) is 38.2 Å². The molecule has 0 aliphatic heterocycles. The summed E-state index contributed by atoms with van der Waals surface area (Å²) < 4.78 is 12.7. The molecule has 0 saturated heterocycles. The first-order valence-corrected chi connectivity index (χ1v) is 18.5. The minimum absolute atomic E-state index is 0.595. The van der Waals surface area contributed by atoms with E-state index in [4.69, 9.17) is 13.8 Å². The molecule has 0 unspecified atom stereocenters. The summed E-state index contributed by atoms with van der Waals surface area (Å²) in [6.45, 7) is 0. The van der Waals surface area contributed by atoms with Crippen LogP contribution in [0.3, 0.4) is 0 Å². The molecule has 0 N–H and O–H groups in total. The lowest BCUT2D eigenvalue weighted by molar-refractivity contribution is 0.620. The van der Waals surface area contributed by atoms with Gasteiger partial charge >= 0.3 is 0 Å². The van der Waals surface area contributed by atoms with Gasteiger partial charge in [0.05, 0.1) is 0 Å². The third-order valence-electron chi connectivity index (χ3n) is 10.7. The van der Waals surface area contributed by atoms with E-state index in [1.54, 1.807) is 0 Å². The molecular formula is C51H32N2O2. The molecule has 258 valence electrons. The fourth-order valence-corrected chi connectivity index (χ4v) is 8.01. The minimum atomic E-state index is 0.595. The maximum absolute atomic E-state index is 6.43. The molecule has 11 aromatic rings. The second kappa shape index (κ2) is 12.6. The first-order chi connectivity index (χ1) is 27.2. The van der Waals surface area contributed by atoms with Gasteiger partial charge in [-0.15, -0.1) is 0 Å². The van der Waals surface area contributed by atoms with Crippen molar-refractivity contribution in [1.82, 2.24) is 4.98 Å². The zero-order valence-corrected chi connectivity index (χ0v) is 29.7. The number of nitrogens with zero attached hydrogens (tertiary/aromatic N) is 2. The number of oxazole rings is 1. The lowest BCUT2D eigenvalue weighted by Gasteiger charge is -2.26. The van der Waals surface area contributed by atoms with E-state index in [0.717, 1.165) is 61.2 Å². The van der Waals surface area contributed by atoms with Crippen molar-refractivity contribution in [2.24, 2.45) is 0 Å². The van der Waals surface area contributed by atoms with Crippen LogP contribution >= 0.6 is 0 Å². The van der Waals surface area contributed by atoms with Crippen LogP contribution in [0.5, 0.6) is 0 Å². The minimum Gasteiger partial charge on any atom is -0.456 e. The SMILES string of the molecule is c1ccc(-c2cccc(N(c3ccc(-c4cc5ccccc5c5ccccc45)cc3)c3ccc4oc5cc6nc(-c7ccccc7)oc6cc5c4c3)c2)cc1. The van der Waals surface area contributed by atoms with Crippen molar-refractivity contribution in [1.29, 1.82) is 0 Å². The third-order valence-corrected chi connectivity index (χ3v) is 10.7. The fraction of sp³-hybridized carbons (Fsp3) is 0. The van der Waals surface area contributed by atoms with Gasteiger partial charge in [-0.3, -0.25) is 0 Å². The summed E-state index contributed by atoms with van der Waals surface area (Å²) in [5, 5.41) is 7.01. The van der Waals surface area contributed by atoms with Gasteiger partial charge in [-0.05, 0) is 111 Å². The first-order valence-electron chi connectivity index (χ1n) is 18.5. The molecular weight excluding hydrogens is 673 g/mol. The van der Waals surface area contributed by atoms with Crippen molar-refractivity contribution in [2.45, 2.75) is 0 Å². The zero-order chi connectivity index (χ0) is 36.3. The molecule has 0 spiro atoms. The molecule has 0 aliphatic rings. The molecule has 2 heterocycles. The highest BCUT2D eigenvalue weighted by Crippen LogP contribution is 2.42. The summed E-state index contributed by atoms with van der Waals surface area (Å²) in [5.41, 5.74) is 11.9. The number of fused-ring (bicyclic) bond motifs is 7. The highest BCUT2D eigenvalue weighted by Gasteiger charge is 2.19. The van der Waals surface area contributed by atoms with Crippen LogP contribution in [-0.4, -0.2) is 4.98 Å². The fourth-order valence-electron chi connectivity index (χ4n) is 8.01. The van der Waals surface area contributed by atoms with E-state index >= 15 is 0 Å². The lowest BCUT2D eigenvalue weighted by atomic mass is 9.93. The molecule has 11 rings (SSSR count). The number of anilines is 3. The molecule has 0 bridgehead atoms. The van der Waals surface area contributed by atoms with Crippen molar-refractivity contribution in [3.8, 4) is 33.7 Å². The van der Waals surface area contributed by atoms with Crippen molar-refractivity contribution in [3.63, 3.8) is 0 Å².